The Balaban J connectivity index is 1.79. The van der Waals surface area contributed by atoms with E-state index in [1.54, 1.807) is 24.4 Å². The Morgan fingerprint density at radius 3 is 2.76 bits per heavy atom. The number of hydrazone groups is 1. The molecule has 0 aliphatic rings. The van der Waals surface area contributed by atoms with Crippen molar-refractivity contribution < 1.29 is 9.53 Å². The number of nitrogens with zero attached hydrogens (tertiary/aromatic N) is 1. The molecule has 2 rings (SSSR count). The number of rotatable bonds is 5. The minimum atomic E-state index is -0.324. The summed E-state index contributed by atoms with van der Waals surface area (Å²) in [6.45, 7) is 1.77. The Labute approximate surface area is 128 Å². The minimum absolute atomic E-state index is 0.104. The van der Waals surface area contributed by atoms with Crippen LogP contribution in [0.4, 0.5) is 0 Å². The van der Waals surface area contributed by atoms with Crippen LogP contribution in [0.15, 0.2) is 53.6 Å². The normalized spacial score (nSPS) is 10.6. The average Bonchev–Trinajstić information content (AvgIpc) is 2.49. The van der Waals surface area contributed by atoms with E-state index in [-0.39, 0.29) is 12.5 Å². The lowest BCUT2D eigenvalue weighted by Gasteiger charge is -2.06. The van der Waals surface area contributed by atoms with Gasteiger partial charge < -0.3 is 4.74 Å². The molecule has 1 amide bonds. The lowest BCUT2D eigenvalue weighted by Crippen LogP contribution is -2.24. The molecule has 0 aromatic heterocycles. The summed E-state index contributed by atoms with van der Waals surface area (Å²) in [5.74, 6) is 0.272. The highest BCUT2D eigenvalue weighted by molar-refractivity contribution is 6.31. The molecule has 0 fully saturated rings. The number of aryl methyl sites for hydroxylation is 1. The summed E-state index contributed by atoms with van der Waals surface area (Å²) in [7, 11) is 0. The Bertz CT molecular complexity index is 642. The number of carbonyl (C=O) groups excluding carboxylic acids is 1. The maximum Gasteiger partial charge on any atom is 0.277 e. The number of halogens is 1. The van der Waals surface area contributed by atoms with Gasteiger partial charge in [0.05, 0.1) is 6.21 Å². The second kappa shape index (κ2) is 7.45. The van der Waals surface area contributed by atoms with E-state index in [1.165, 1.54) is 0 Å². The van der Waals surface area contributed by atoms with Gasteiger partial charge in [-0.25, -0.2) is 5.43 Å². The van der Waals surface area contributed by atoms with Crippen LogP contribution in [0.2, 0.25) is 5.02 Å². The molecule has 0 aliphatic heterocycles. The maximum absolute atomic E-state index is 11.6. The molecular weight excluding hydrogens is 288 g/mol. The first-order valence-corrected chi connectivity index (χ1v) is 6.79. The van der Waals surface area contributed by atoms with Crippen molar-refractivity contribution in [3.8, 4) is 5.75 Å². The van der Waals surface area contributed by atoms with Crippen LogP contribution in [-0.4, -0.2) is 18.7 Å². The second-order valence-corrected chi connectivity index (χ2v) is 4.81. The van der Waals surface area contributed by atoms with Gasteiger partial charge in [-0.3, -0.25) is 4.79 Å². The molecule has 0 atom stereocenters. The Kier molecular flexibility index (Phi) is 5.35. The number of nitrogens with one attached hydrogen (secondary N) is 1. The third-order valence-corrected chi connectivity index (χ3v) is 3.13. The van der Waals surface area contributed by atoms with Crippen molar-refractivity contribution in [2.75, 3.05) is 6.61 Å². The van der Waals surface area contributed by atoms with Crippen LogP contribution >= 0.6 is 11.6 Å². The number of hydrogen-bond acceptors (Lipinski definition) is 3. The van der Waals surface area contributed by atoms with Crippen LogP contribution in [0.25, 0.3) is 0 Å². The van der Waals surface area contributed by atoms with Crippen LogP contribution in [-0.2, 0) is 4.79 Å². The lowest BCUT2D eigenvalue weighted by molar-refractivity contribution is -0.123. The zero-order valence-corrected chi connectivity index (χ0v) is 12.3. The summed E-state index contributed by atoms with van der Waals surface area (Å²) < 4.78 is 5.36. The zero-order chi connectivity index (χ0) is 15.1. The monoisotopic (exact) mass is 302 g/mol. The Morgan fingerprint density at radius 2 is 2.05 bits per heavy atom. The van der Waals surface area contributed by atoms with Gasteiger partial charge >= 0.3 is 0 Å². The molecule has 0 saturated heterocycles. The number of hydrogen-bond donors (Lipinski definition) is 1. The van der Waals surface area contributed by atoms with Crippen LogP contribution in [0.5, 0.6) is 5.75 Å². The molecule has 1 N–H and O–H groups in total. The fraction of sp³-hybridized carbons (Fsp3) is 0.125. The fourth-order valence-electron chi connectivity index (χ4n) is 1.61. The van der Waals surface area contributed by atoms with Gasteiger partial charge in [0.1, 0.15) is 5.75 Å². The summed E-state index contributed by atoms with van der Waals surface area (Å²) >= 11 is 5.92. The number of ether oxygens (including phenoxy) is 1. The topological polar surface area (TPSA) is 50.7 Å². The van der Waals surface area contributed by atoms with E-state index < -0.39 is 0 Å². The molecule has 0 spiro atoms. The molecule has 0 bridgehead atoms. The van der Waals surface area contributed by atoms with Crippen molar-refractivity contribution in [3.05, 3.63) is 64.7 Å². The Hall–Kier alpha value is -2.33. The second-order valence-electron chi connectivity index (χ2n) is 4.40. The SMILES string of the molecule is Cc1cc(OCC(=O)NN=Cc2ccccc2)ccc1Cl. The highest BCUT2D eigenvalue weighted by Gasteiger charge is 2.03. The standard InChI is InChI=1S/C16H15ClN2O2/c1-12-9-14(7-8-15(12)17)21-11-16(20)19-18-10-13-5-3-2-4-6-13/h2-10H,11H2,1H3,(H,19,20). The van der Waals surface area contributed by atoms with Gasteiger partial charge in [0.2, 0.25) is 0 Å². The first-order valence-electron chi connectivity index (χ1n) is 6.41. The summed E-state index contributed by atoms with van der Waals surface area (Å²) in [4.78, 5) is 11.6. The van der Waals surface area contributed by atoms with Crippen LogP contribution < -0.4 is 10.2 Å². The van der Waals surface area contributed by atoms with E-state index in [0.717, 1.165) is 11.1 Å². The van der Waals surface area contributed by atoms with Gasteiger partial charge in [-0.1, -0.05) is 41.9 Å². The van der Waals surface area contributed by atoms with E-state index in [9.17, 15) is 4.79 Å². The minimum Gasteiger partial charge on any atom is -0.484 e. The first kappa shape index (κ1) is 15.1. The van der Waals surface area contributed by atoms with E-state index in [4.69, 9.17) is 16.3 Å². The molecule has 0 saturated carbocycles. The maximum atomic E-state index is 11.6. The Morgan fingerprint density at radius 1 is 1.29 bits per heavy atom. The predicted molar refractivity (Wildman–Crippen MR) is 83.9 cm³/mol. The molecule has 0 aliphatic carbocycles. The number of carbonyl (C=O) groups is 1. The molecule has 2 aromatic carbocycles. The highest BCUT2D eigenvalue weighted by Crippen LogP contribution is 2.20. The van der Waals surface area contributed by atoms with Gasteiger partial charge in [-0.2, -0.15) is 5.10 Å². The van der Waals surface area contributed by atoms with Crippen molar-refractivity contribution in [1.82, 2.24) is 5.43 Å². The quantitative estimate of drug-likeness (QED) is 0.681. The zero-order valence-electron chi connectivity index (χ0n) is 11.5. The lowest BCUT2D eigenvalue weighted by atomic mass is 10.2. The van der Waals surface area contributed by atoms with E-state index in [0.29, 0.717) is 10.8 Å². The molecule has 0 radical (unpaired) electrons. The number of benzene rings is 2. The van der Waals surface area contributed by atoms with Crippen molar-refractivity contribution in [2.24, 2.45) is 5.10 Å². The molecule has 2 aromatic rings. The molecule has 21 heavy (non-hydrogen) atoms. The first-order chi connectivity index (χ1) is 10.1. The largest absolute Gasteiger partial charge is 0.484 e. The van der Waals surface area contributed by atoms with Gasteiger partial charge in [0.15, 0.2) is 6.61 Å². The van der Waals surface area contributed by atoms with Gasteiger partial charge in [0.25, 0.3) is 5.91 Å². The summed E-state index contributed by atoms with van der Waals surface area (Å²) in [6, 6.07) is 14.7. The fourth-order valence-corrected chi connectivity index (χ4v) is 1.72. The molecule has 0 heterocycles. The summed E-state index contributed by atoms with van der Waals surface area (Å²) in [5, 5.41) is 4.53. The van der Waals surface area contributed by atoms with E-state index in [1.807, 2.05) is 37.3 Å². The van der Waals surface area contributed by atoms with Gasteiger partial charge in [-0.15, -0.1) is 0 Å². The molecular formula is C16H15ClN2O2. The van der Waals surface area contributed by atoms with Crippen LogP contribution in [0, 0.1) is 6.92 Å². The van der Waals surface area contributed by atoms with Crippen LogP contribution in [0.3, 0.4) is 0 Å². The van der Waals surface area contributed by atoms with Gasteiger partial charge in [0, 0.05) is 5.02 Å². The average molecular weight is 303 g/mol. The third kappa shape index (κ3) is 4.93. The van der Waals surface area contributed by atoms with Crippen molar-refractivity contribution in [1.29, 1.82) is 0 Å². The predicted octanol–water partition coefficient (Wildman–Crippen LogP) is 3.18. The van der Waals surface area contributed by atoms with E-state index >= 15 is 0 Å². The summed E-state index contributed by atoms with van der Waals surface area (Å²) in [6.07, 6.45) is 1.57. The summed E-state index contributed by atoms with van der Waals surface area (Å²) in [5.41, 5.74) is 4.22. The molecule has 108 valence electrons. The molecule has 4 nitrogen and oxygen atoms in total. The smallest absolute Gasteiger partial charge is 0.277 e. The van der Waals surface area contributed by atoms with Crippen molar-refractivity contribution in [2.45, 2.75) is 6.92 Å². The number of amides is 1. The van der Waals surface area contributed by atoms with Crippen LogP contribution in [0.1, 0.15) is 11.1 Å². The molecule has 0 unspecified atom stereocenters. The van der Waals surface area contributed by atoms with Crippen molar-refractivity contribution in [3.63, 3.8) is 0 Å². The van der Waals surface area contributed by atoms with Gasteiger partial charge in [-0.05, 0) is 36.2 Å². The third-order valence-electron chi connectivity index (χ3n) is 2.70. The van der Waals surface area contributed by atoms with E-state index in [2.05, 4.69) is 10.5 Å². The molecule has 5 heteroatoms. The van der Waals surface area contributed by atoms with Crippen molar-refractivity contribution >= 4 is 23.7 Å². The highest BCUT2D eigenvalue weighted by atomic mass is 35.5.